The summed E-state index contributed by atoms with van der Waals surface area (Å²) in [5.41, 5.74) is 1.08. The van der Waals surface area contributed by atoms with E-state index in [9.17, 15) is 17.6 Å². The topological polar surface area (TPSA) is 0 Å². The molecule has 0 radical (unpaired) electrons. The number of rotatable bonds is 4. The Hall–Kier alpha value is -2.43. The van der Waals surface area contributed by atoms with E-state index in [2.05, 4.69) is 0 Å². The van der Waals surface area contributed by atoms with Crippen LogP contribution in [0, 0.1) is 35.4 Å². The summed E-state index contributed by atoms with van der Waals surface area (Å²) in [5.74, 6) is -2.16. The Bertz CT molecular complexity index is 893. The van der Waals surface area contributed by atoms with Crippen LogP contribution in [0.2, 0.25) is 0 Å². The Labute approximate surface area is 222 Å². The third-order valence-electron chi connectivity index (χ3n) is 5.18. The summed E-state index contributed by atoms with van der Waals surface area (Å²) >= 11 is 0. The summed E-state index contributed by atoms with van der Waals surface area (Å²) in [6, 6.07) is 29.5. The maximum absolute atomic E-state index is 13.0. The molecular weight excluding hydrogens is 484 g/mol. The van der Waals surface area contributed by atoms with Gasteiger partial charge in [0.2, 0.25) is 0 Å². The molecule has 184 valence electrons. The molecule has 0 fully saturated rings. The maximum atomic E-state index is 13.0. The zero-order chi connectivity index (χ0) is 25.3. The summed E-state index contributed by atoms with van der Waals surface area (Å²) in [4.78, 5) is 0. The molecule has 0 bridgehead atoms. The van der Waals surface area contributed by atoms with Crippen molar-refractivity contribution in [2.45, 2.75) is 52.4 Å². The van der Waals surface area contributed by atoms with Crippen molar-refractivity contribution in [2.24, 2.45) is 0 Å². The fraction of sp³-hybridized carbons (Fsp3) is 0.267. The van der Waals surface area contributed by atoms with E-state index in [1.165, 1.54) is 24.3 Å². The Morgan fingerprint density at radius 2 is 0.943 bits per heavy atom. The molecule has 2 unspecified atom stereocenters. The summed E-state index contributed by atoms with van der Waals surface area (Å²) < 4.78 is 50.8. The van der Waals surface area contributed by atoms with Gasteiger partial charge in [0.05, 0.1) is 0 Å². The van der Waals surface area contributed by atoms with E-state index < -0.39 is 23.3 Å². The summed E-state index contributed by atoms with van der Waals surface area (Å²) in [6.07, 6.45) is 1.69. The number of benzene rings is 2. The van der Waals surface area contributed by atoms with E-state index >= 15 is 0 Å². The molecule has 4 rings (SSSR count). The van der Waals surface area contributed by atoms with Crippen molar-refractivity contribution in [1.82, 2.24) is 0 Å². The van der Waals surface area contributed by atoms with Gasteiger partial charge in [0.15, 0.2) is 0 Å². The molecule has 5 heteroatoms. The molecule has 0 heterocycles. The van der Waals surface area contributed by atoms with Crippen molar-refractivity contribution in [3.05, 3.63) is 131 Å². The van der Waals surface area contributed by atoms with Gasteiger partial charge in [-0.15, -0.1) is 35.4 Å². The first-order valence-electron chi connectivity index (χ1n) is 11.4. The Morgan fingerprint density at radius 3 is 1.14 bits per heavy atom. The average Bonchev–Trinajstić information content (AvgIpc) is 3.58. The largest absolute Gasteiger partial charge is 4.00 e. The monoisotopic (exact) mass is 516 g/mol. The third kappa shape index (κ3) is 13.3. The molecule has 0 amide bonds. The first-order chi connectivity index (χ1) is 16.3. The van der Waals surface area contributed by atoms with Crippen LogP contribution in [0.3, 0.4) is 0 Å². The molecule has 0 spiro atoms. The molecule has 0 saturated heterocycles. The van der Waals surface area contributed by atoms with Gasteiger partial charge in [-0.2, -0.15) is 48.5 Å². The first-order valence-corrected chi connectivity index (χ1v) is 11.4. The molecule has 4 aromatic carbocycles. The van der Waals surface area contributed by atoms with Crippen LogP contribution in [-0.4, -0.2) is 0 Å². The number of hydrogen-bond acceptors (Lipinski definition) is 0. The van der Waals surface area contributed by atoms with Gasteiger partial charge in [-0.1, -0.05) is 52.4 Å². The van der Waals surface area contributed by atoms with Gasteiger partial charge < -0.3 is 0 Å². The minimum Gasteiger partial charge on any atom is -0.236 e. The van der Waals surface area contributed by atoms with E-state index in [0.29, 0.717) is 11.1 Å². The van der Waals surface area contributed by atoms with Crippen LogP contribution >= 0.6 is 0 Å². The molecule has 0 aromatic heterocycles. The van der Waals surface area contributed by atoms with Crippen LogP contribution in [0.4, 0.5) is 17.6 Å². The quantitative estimate of drug-likeness (QED) is 0.144. The summed E-state index contributed by atoms with van der Waals surface area (Å²) in [6.45, 7) is 7.75. The van der Waals surface area contributed by atoms with Crippen molar-refractivity contribution in [3.63, 3.8) is 0 Å². The standard InChI is InChI=1S/2C10H11F2.2C5H5.Ti/c2*1-3-7(2)9-5-4-8(11)6-10(9)12;2*1-2-4-5-3-1;/h2*4-5,7H,3H2,1-2H3;2*1-5H;/q4*-1;+4. The Kier molecular flexibility index (Phi) is 17.5. The number of hydrogen-bond donors (Lipinski definition) is 0. The van der Waals surface area contributed by atoms with Gasteiger partial charge in [0.25, 0.3) is 0 Å². The zero-order valence-electron chi connectivity index (χ0n) is 20.7. The summed E-state index contributed by atoms with van der Waals surface area (Å²) in [5, 5.41) is 0. The summed E-state index contributed by atoms with van der Waals surface area (Å²) in [7, 11) is 0. The molecule has 0 aliphatic heterocycles. The van der Waals surface area contributed by atoms with E-state index in [1.54, 1.807) is 0 Å². The molecule has 0 saturated carbocycles. The van der Waals surface area contributed by atoms with Crippen molar-refractivity contribution in [2.75, 3.05) is 0 Å². The molecule has 35 heavy (non-hydrogen) atoms. The van der Waals surface area contributed by atoms with Crippen LogP contribution < -0.4 is 0 Å². The van der Waals surface area contributed by atoms with Gasteiger partial charge in [-0.25, -0.2) is 41.8 Å². The van der Waals surface area contributed by atoms with Crippen molar-refractivity contribution >= 4 is 0 Å². The van der Waals surface area contributed by atoms with Crippen molar-refractivity contribution in [1.29, 1.82) is 0 Å². The van der Waals surface area contributed by atoms with Crippen LogP contribution in [0.5, 0.6) is 0 Å². The van der Waals surface area contributed by atoms with Gasteiger partial charge >= 0.3 is 21.7 Å². The first kappa shape index (κ1) is 32.6. The van der Waals surface area contributed by atoms with Crippen LogP contribution in [0.1, 0.15) is 63.5 Å². The second kappa shape index (κ2) is 18.8. The Balaban J connectivity index is 0.000000468. The fourth-order valence-electron chi connectivity index (χ4n) is 2.75. The second-order valence-electron chi connectivity index (χ2n) is 7.69. The van der Waals surface area contributed by atoms with Crippen molar-refractivity contribution in [3.8, 4) is 0 Å². The second-order valence-corrected chi connectivity index (χ2v) is 7.69. The van der Waals surface area contributed by atoms with E-state index in [0.717, 1.165) is 12.8 Å². The molecule has 0 aliphatic rings. The molecule has 4 aromatic rings. The van der Waals surface area contributed by atoms with E-state index in [4.69, 9.17) is 0 Å². The Morgan fingerprint density at radius 1 is 0.629 bits per heavy atom. The zero-order valence-corrected chi connectivity index (χ0v) is 22.2. The molecule has 2 atom stereocenters. The SMILES string of the molecule is CCC(C)c1ccc(F)[c-]c1F.CCC(C)c1ccc(F)[c-]c1F.[Ti+4].c1cc[cH-]c1.c1cc[cH-]c1. The normalized spacial score (nSPS) is 11.2. The fourth-order valence-corrected chi connectivity index (χ4v) is 2.75. The van der Waals surface area contributed by atoms with Crippen LogP contribution in [0.15, 0.2) is 84.9 Å². The predicted octanol–water partition coefficient (Wildman–Crippen LogP) is 9.37. The molecule has 0 N–H and O–H groups in total. The van der Waals surface area contributed by atoms with E-state index in [-0.39, 0.29) is 33.6 Å². The van der Waals surface area contributed by atoms with Gasteiger partial charge in [0, 0.05) is 23.3 Å². The van der Waals surface area contributed by atoms with Crippen LogP contribution in [-0.2, 0) is 21.7 Å². The maximum Gasteiger partial charge on any atom is 4.00 e. The molecule has 0 nitrogen and oxygen atoms in total. The minimum absolute atomic E-state index is 0. The van der Waals surface area contributed by atoms with Gasteiger partial charge in [0.1, 0.15) is 0 Å². The van der Waals surface area contributed by atoms with Gasteiger partial charge in [-0.3, -0.25) is 0 Å². The third-order valence-corrected chi connectivity index (χ3v) is 5.18. The average molecular weight is 516 g/mol. The number of halogens is 4. The smallest absolute Gasteiger partial charge is 0.236 e. The molecular formula is C30H32F4Ti. The predicted molar refractivity (Wildman–Crippen MR) is 132 cm³/mol. The van der Waals surface area contributed by atoms with E-state index in [1.807, 2.05) is 100 Å². The van der Waals surface area contributed by atoms with Crippen molar-refractivity contribution < 1.29 is 39.3 Å². The van der Waals surface area contributed by atoms with Gasteiger partial charge in [-0.05, 0) is 0 Å². The molecule has 0 aliphatic carbocycles. The minimum atomic E-state index is -0.639. The van der Waals surface area contributed by atoms with Crippen LogP contribution in [0.25, 0.3) is 0 Å².